The third kappa shape index (κ3) is 7.88. The van der Waals surface area contributed by atoms with Crippen molar-refractivity contribution >= 4 is 6.09 Å². The Morgan fingerprint density at radius 1 is 1.24 bits per heavy atom. The molecule has 5 heteroatoms. The van der Waals surface area contributed by atoms with E-state index in [-0.39, 0.29) is 12.1 Å². The first-order valence-corrected chi connectivity index (χ1v) is 9.29. The molecule has 1 heterocycles. The maximum absolute atomic E-state index is 12.2. The predicted molar refractivity (Wildman–Crippen MR) is 99.6 cm³/mol. The summed E-state index contributed by atoms with van der Waals surface area (Å²) in [5, 5.41) is 6.63. The van der Waals surface area contributed by atoms with Gasteiger partial charge in [-0.25, -0.2) is 4.79 Å². The van der Waals surface area contributed by atoms with Crippen molar-refractivity contribution in [2.45, 2.75) is 64.1 Å². The summed E-state index contributed by atoms with van der Waals surface area (Å²) < 4.78 is 10.9. The maximum Gasteiger partial charge on any atom is 0.408 e. The Bertz CT molecular complexity index is 505. The molecule has 5 nitrogen and oxygen atoms in total. The van der Waals surface area contributed by atoms with E-state index in [0.29, 0.717) is 6.04 Å². The van der Waals surface area contributed by atoms with Gasteiger partial charge in [0.1, 0.15) is 5.60 Å². The molecule has 2 unspecified atom stereocenters. The van der Waals surface area contributed by atoms with Crippen molar-refractivity contribution in [2.24, 2.45) is 0 Å². The highest BCUT2D eigenvalue weighted by Gasteiger charge is 2.21. The Kier molecular flexibility index (Phi) is 7.72. The Morgan fingerprint density at radius 3 is 2.72 bits per heavy atom. The number of carbonyl (C=O) groups is 1. The fourth-order valence-corrected chi connectivity index (χ4v) is 3.00. The van der Waals surface area contributed by atoms with Crippen LogP contribution >= 0.6 is 0 Å². The number of alkyl carbamates (subject to hydrolysis) is 1. The lowest BCUT2D eigenvalue weighted by Crippen LogP contribution is -2.37. The van der Waals surface area contributed by atoms with E-state index in [4.69, 9.17) is 9.47 Å². The molecule has 1 aliphatic heterocycles. The van der Waals surface area contributed by atoms with Gasteiger partial charge in [0.25, 0.3) is 0 Å². The number of benzene rings is 1. The molecule has 1 aliphatic rings. The van der Waals surface area contributed by atoms with Crippen molar-refractivity contribution in [3.05, 3.63) is 35.9 Å². The lowest BCUT2D eigenvalue weighted by molar-refractivity contribution is 0.0501. The molecule has 1 aromatic carbocycles. The molecule has 2 atom stereocenters. The lowest BCUT2D eigenvalue weighted by Gasteiger charge is -2.25. The Hall–Kier alpha value is -1.59. The summed E-state index contributed by atoms with van der Waals surface area (Å²) in [6, 6.07) is 10.5. The molecule has 0 radical (unpaired) electrons. The number of amides is 1. The van der Waals surface area contributed by atoms with E-state index in [2.05, 4.69) is 10.6 Å². The van der Waals surface area contributed by atoms with Gasteiger partial charge in [-0.15, -0.1) is 0 Å². The van der Waals surface area contributed by atoms with E-state index < -0.39 is 5.60 Å². The van der Waals surface area contributed by atoms with Crippen LogP contribution in [-0.2, 0) is 9.47 Å². The average molecular weight is 348 g/mol. The highest BCUT2D eigenvalue weighted by molar-refractivity contribution is 5.68. The zero-order chi connectivity index (χ0) is 18.1. The first-order valence-electron chi connectivity index (χ1n) is 9.29. The van der Waals surface area contributed by atoms with E-state index >= 15 is 0 Å². The van der Waals surface area contributed by atoms with Gasteiger partial charge in [0, 0.05) is 19.3 Å². The standard InChI is InChI=1S/C20H32N2O3/c1-20(2,3)25-19(23)22-18(16-8-5-4-6-9-16)11-13-21-17-10-7-14-24-15-12-17/h4-6,8-9,17-18,21H,7,10-15H2,1-3H3,(H,22,23). The summed E-state index contributed by atoms with van der Waals surface area (Å²) in [6.45, 7) is 8.17. The van der Waals surface area contributed by atoms with Gasteiger partial charge in [-0.1, -0.05) is 30.3 Å². The Balaban J connectivity index is 1.89. The van der Waals surface area contributed by atoms with E-state index in [1.807, 2.05) is 51.1 Å². The molecule has 1 saturated heterocycles. The van der Waals surface area contributed by atoms with Crippen LogP contribution in [0.5, 0.6) is 0 Å². The van der Waals surface area contributed by atoms with Gasteiger partial charge < -0.3 is 20.1 Å². The van der Waals surface area contributed by atoms with Gasteiger partial charge in [0.2, 0.25) is 0 Å². The van der Waals surface area contributed by atoms with Crippen LogP contribution in [0, 0.1) is 0 Å². The first-order chi connectivity index (χ1) is 11.9. The second kappa shape index (κ2) is 9.78. The molecule has 0 bridgehead atoms. The van der Waals surface area contributed by atoms with Crippen LogP contribution in [0.15, 0.2) is 30.3 Å². The third-order valence-electron chi connectivity index (χ3n) is 4.21. The summed E-state index contributed by atoms with van der Waals surface area (Å²) in [7, 11) is 0. The minimum atomic E-state index is -0.496. The summed E-state index contributed by atoms with van der Waals surface area (Å²) in [5.74, 6) is 0. The molecule has 0 aromatic heterocycles. The quantitative estimate of drug-likeness (QED) is 0.821. The van der Waals surface area contributed by atoms with Crippen LogP contribution in [-0.4, -0.2) is 37.5 Å². The van der Waals surface area contributed by atoms with Crippen LogP contribution < -0.4 is 10.6 Å². The van der Waals surface area contributed by atoms with Crippen LogP contribution in [0.4, 0.5) is 4.79 Å². The fraction of sp³-hybridized carbons (Fsp3) is 0.650. The molecule has 0 saturated carbocycles. The molecule has 0 spiro atoms. The van der Waals surface area contributed by atoms with Gasteiger partial charge in [-0.05, 0) is 58.6 Å². The summed E-state index contributed by atoms with van der Waals surface area (Å²) in [6.07, 6.45) is 3.76. The molecule has 1 fully saturated rings. The molecular weight excluding hydrogens is 316 g/mol. The van der Waals surface area contributed by atoms with Gasteiger partial charge >= 0.3 is 6.09 Å². The van der Waals surface area contributed by atoms with Crippen molar-refractivity contribution in [3.63, 3.8) is 0 Å². The summed E-state index contributed by atoms with van der Waals surface area (Å²) >= 11 is 0. The minimum absolute atomic E-state index is 0.0643. The van der Waals surface area contributed by atoms with Gasteiger partial charge in [0.15, 0.2) is 0 Å². The normalized spacial score (nSPS) is 19.7. The molecule has 140 valence electrons. The average Bonchev–Trinajstić information content (AvgIpc) is 2.82. The SMILES string of the molecule is CC(C)(C)OC(=O)NC(CCNC1CCCOCC1)c1ccccc1. The van der Waals surface area contributed by atoms with Crippen molar-refractivity contribution in [3.8, 4) is 0 Å². The second-order valence-corrected chi connectivity index (χ2v) is 7.59. The van der Waals surface area contributed by atoms with Crippen molar-refractivity contribution in [1.29, 1.82) is 0 Å². The van der Waals surface area contributed by atoms with Crippen molar-refractivity contribution in [1.82, 2.24) is 10.6 Å². The van der Waals surface area contributed by atoms with Crippen LogP contribution in [0.3, 0.4) is 0 Å². The fourth-order valence-electron chi connectivity index (χ4n) is 3.00. The van der Waals surface area contributed by atoms with Crippen molar-refractivity contribution < 1.29 is 14.3 Å². The predicted octanol–water partition coefficient (Wildman–Crippen LogP) is 3.80. The zero-order valence-electron chi connectivity index (χ0n) is 15.7. The Labute approximate surface area is 151 Å². The van der Waals surface area contributed by atoms with Gasteiger partial charge in [-0.2, -0.15) is 0 Å². The van der Waals surface area contributed by atoms with Crippen molar-refractivity contribution in [2.75, 3.05) is 19.8 Å². The molecular formula is C20H32N2O3. The highest BCUT2D eigenvalue weighted by Crippen LogP contribution is 2.18. The molecule has 0 aliphatic carbocycles. The van der Waals surface area contributed by atoms with E-state index in [1.165, 1.54) is 0 Å². The van der Waals surface area contributed by atoms with Crippen LogP contribution in [0.25, 0.3) is 0 Å². The van der Waals surface area contributed by atoms with E-state index in [1.54, 1.807) is 0 Å². The molecule has 1 aromatic rings. The third-order valence-corrected chi connectivity index (χ3v) is 4.21. The second-order valence-electron chi connectivity index (χ2n) is 7.59. The highest BCUT2D eigenvalue weighted by atomic mass is 16.6. The largest absolute Gasteiger partial charge is 0.444 e. The van der Waals surface area contributed by atoms with Gasteiger partial charge in [-0.3, -0.25) is 0 Å². The van der Waals surface area contributed by atoms with Gasteiger partial charge in [0.05, 0.1) is 6.04 Å². The topological polar surface area (TPSA) is 59.6 Å². The first kappa shape index (κ1) is 19.7. The number of carbonyl (C=O) groups excluding carboxylic acids is 1. The zero-order valence-corrected chi connectivity index (χ0v) is 15.7. The van der Waals surface area contributed by atoms with E-state index in [0.717, 1.165) is 51.0 Å². The smallest absolute Gasteiger partial charge is 0.408 e. The number of ether oxygens (including phenoxy) is 2. The maximum atomic E-state index is 12.2. The Morgan fingerprint density at radius 2 is 2.00 bits per heavy atom. The number of rotatable bonds is 6. The number of nitrogens with one attached hydrogen (secondary N) is 2. The number of hydrogen-bond donors (Lipinski definition) is 2. The van der Waals surface area contributed by atoms with Crippen LogP contribution in [0.2, 0.25) is 0 Å². The van der Waals surface area contributed by atoms with Crippen LogP contribution in [0.1, 0.15) is 58.1 Å². The molecule has 2 rings (SSSR count). The number of hydrogen-bond acceptors (Lipinski definition) is 4. The van der Waals surface area contributed by atoms with E-state index in [9.17, 15) is 4.79 Å². The summed E-state index contributed by atoms with van der Waals surface area (Å²) in [4.78, 5) is 12.2. The minimum Gasteiger partial charge on any atom is -0.444 e. The monoisotopic (exact) mass is 348 g/mol. The molecule has 1 amide bonds. The summed E-state index contributed by atoms with van der Waals surface area (Å²) in [5.41, 5.74) is 0.601. The molecule has 25 heavy (non-hydrogen) atoms. The molecule has 2 N–H and O–H groups in total. The lowest BCUT2D eigenvalue weighted by atomic mass is 10.0.